The maximum absolute atomic E-state index is 12.0. The first-order valence-electron chi connectivity index (χ1n) is 7.99. The zero-order valence-corrected chi connectivity index (χ0v) is 13.8. The predicted molar refractivity (Wildman–Crippen MR) is 93.5 cm³/mol. The quantitative estimate of drug-likeness (QED) is 0.920. The second-order valence-corrected chi connectivity index (χ2v) is 5.81. The summed E-state index contributed by atoms with van der Waals surface area (Å²) in [5, 5.41) is 2.81. The van der Waals surface area contributed by atoms with E-state index >= 15 is 0 Å². The van der Waals surface area contributed by atoms with Gasteiger partial charge in [-0.2, -0.15) is 0 Å². The van der Waals surface area contributed by atoms with Gasteiger partial charge in [-0.05, 0) is 49.7 Å². The van der Waals surface area contributed by atoms with Gasteiger partial charge < -0.3 is 15.0 Å². The minimum Gasteiger partial charge on any atom is -0.484 e. The molecular formula is C19H20N2O3. The Labute approximate surface area is 141 Å². The highest BCUT2D eigenvalue weighted by atomic mass is 16.5. The molecule has 1 heterocycles. The Morgan fingerprint density at radius 1 is 1.21 bits per heavy atom. The van der Waals surface area contributed by atoms with Crippen molar-refractivity contribution in [2.45, 2.75) is 20.3 Å². The van der Waals surface area contributed by atoms with Gasteiger partial charge in [-0.3, -0.25) is 9.59 Å². The van der Waals surface area contributed by atoms with Crippen LogP contribution in [-0.2, 0) is 16.0 Å². The lowest BCUT2D eigenvalue weighted by molar-refractivity contribution is -0.118. The van der Waals surface area contributed by atoms with Gasteiger partial charge in [-0.1, -0.05) is 17.7 Å². The first-order valence-corrected chi connectivity index (χ1v) is 7.99. The van der Waals surface area contributed by atoms with E-state index in [4.69, 9.17) is 4.74 Å². The summed E-state index contributed by atoms with van der Waals surface area (Å²) in [4.78, 5) is 25.7. The third-order valence-electron chi connectivity index (χ3n) is 4.00. The van der Waals surface area contributed by atoms with Crippen LogP contribution in [-0.4, -0.2) is 25.0 Å². The normalized spacial score (nSPS) is 12.9. The first kappa shape index (κ1) is 16.1. The molecule has 1 N–H and O–H groups in total. The molecule has 0 fully saturated rings. The molecule has 0 bridgehead atoms. The van der Waals surface area contributed by atoms with Crippen molar-refractivity contribution in [2.75, 3.05) is 23.4 Å². The summed E-state index contributed by atoms with van der Waals surface area (Å²) in [6.07, 6.45) is 0.382. The van der Waals surface area contributed by atoms with Gasteiger partial charge in [0.2, 0.25) is 5.91 Å². The number of hydrogen-bond acceptors (Lipinski definition) is 3. The fraction of sp³-hybridized carbons (Fsp3) is 0.263. The maximum atomic E-state index is 12.0. The summed E-state index contributed by atoms with van der Waals surface area (Å²) >= 11 is 0. The van der Waals surface area contributed by atoms with Gasteiger partial charge in [0.25, 0.3) is 5.91 Å². The molecule has 0 aliphatic carbocycles. The predicted octanol–water partition coefficient (Wildman–Crippen LogP) is 2.92. The second-order valence-electron chi connectivity index (χ2n) is 5.81. The molecule has 2 amide bonds. The van der Waals surface area contributed by atoms with Gasteiger partial charge >= 0.3 is 0 Å². The fourth-order valence-electron chi connectivity index (χ4n) is 2.79. The Balaban J connectivity index is 1.60. The number of carbonyl (C=O) groups excluding carboxylic acids is 2. The number of likely N-dealkylation sites (N-methyl/N-ethyl adjacent to an activating group) is 1. The van der Waals surface area contributed by atoms with Crippen LogP contribution in [0.15, 0.2) is 42.5 Å². The maximum Gasteiger partial charge on any atom is 0.262 e. The van der Waals surface area contributed by atoms with Crippen molar-refractivity contribution in [1.82, 2.24) is 0 Å². The molecule has 0 spiro atoms. The van der Waals surface area contributed by atoms with Crippen molar-refractivity contribution >= 4 is 23.2 Å². The summed E-state index contributed by atoms with van der Waals surface area (Å²) in [6, 6.07) is 13.1. The summed E-state index contributed by atoms with van der Waals surface area (Å²) in [5.41, 5.74) is 3.69. The standard InChI is InChI=1S/C19H20N2O3/c1-3-21-17-9-6-15(10-14(17)11-19(21)23)20-18(22)12-24-16-7-4-13(2)5-8-16/h4-10H,3,11-12H2,1-2H3,(H,20,22). The zero-order valence-electron chi connectivity index (χ0n) is 13.8. The fourth-order valence-corrected chi connectivity index (χ4v) is 2.79. The molecule has 0 unspecified atom stereocenters. The molecule has 1 aliphatic heterocycles. The molecule has 3 rings (SSSR count). The minimum absolute atomic E-state index is 0.0554. The van der Waals surface area contributed by atoms with E-state index < -0.39 is 0 Å². The summed E-state index contributed by atoms with van der Waals surface area (Å²) in [5.74, 6) is 0.528. The molecule has 2 aromatic rings. The van der Waals surface area contributed by atoms with E-state index in [-0.39, 0.29) is 18.4 Å². The van der Waals surface area contributed by atoms with Gasteiger partial charge in [-0.25, -0.2) is 0 Å². The van der Waals surface area contributed by atoms with Crippen molar-refractivity contribution in [3.63, 3.8) is 0 Å². The van der Waals surface area contributed by atoms with E-state index in [0.29, 0.717) is 24.4 Å². The number of nitrogens with one attached hydrogen (secondary N) is 1. The number of nitrogens with zero attached hydrogens (tertiary/aromatic N) is 1. The van der Waals surface area contributed by atoms with E-state index in [1.807, 2.05) is 56.3 Å². The van der Waals surface area contributed by atoms with Crippen molar-refractivity contribution in [3.8, 4) is 5.75 Å². The number of fused-ring (bicyclic) bond motifs is 1. The number of benzene rings is 2. The molecule has 0 aromatic heterocycles. The van der Waals surface area contributed by atoms with Gasteiger partial charge in [0.15, 0.2) is 6.61 Å². The van der Waals surface area contributed by atoms with E-state index in [2.05, 4.69) is 5.32 Å². The molecule has 0 saturated carbocycles. The van der Waals surface area contributed by atoms with Crippen LogP contribution in [0.25, 0.3) is 0 Å². The molecule has 5 heteroatoms. The summed E-state index contributed by atoms with van der Waals surface area (Å²) in [7, 11) is 0. The van der Waals surface area contributed by atoms with Crippen molar-refractivity contribution in [3.05, 3.63) is 53.6 Å². The van der Waals surface area contributed by atoms with Crippen LogP contribution in [0.4, 0.5) is 11.4 Å². The molecule has 5 nitrogen and oxygen atoms in total. The average Bonchev–Trinajstić information content (AvgIpc) is 2.88. The lowest BCUT2D eigenvalue weighted by Gasteiger charge is -2.15. The number of aryl methyl sites for hydroxylation is 1. The minimum atomic E-state index is -0.229. The molecular weight excluding hydrogens is 304 g/mol. The van der Waals surface area contributed by atoms with Crippen LogP contribution in [0.3, 0.4) is 0 Å². The molecule has 1 aliphatic rings. The van der Waals surface area contributed by atoms with Crippen molar-refractivity contribution in [2.24, 2.45) is 0 Å². The number of amides is 2. The van der Waals surface area contributed by atoms with Crippen LogP contribution >= 0.6 is 0 Å². The SMILES string of the molecule is CCN1C(=O)Cc2cc(NC(=O)COc3ccc(C)cc3)ccc21. The van der Waals surface area contributed by atoms with Crippen LogP contribution in [0, 0.1) is 6.92 Å². The van der Waals surface area contributed by atoms with E-state index in [1.54, 1.807) is 4.90 Å². The van der Waals surface area contributed by atoms with E-state index in [9.17, 15) is 9.59 Å². The van der Waals surface area contributed by atoms with Gasteiger partial charge in [0.05, 0.1) is 6.42 Å². The Hall–Kier alpha value is -2.82. The zero-order chi connectivity index (χ0) is 17.1. The van der Waals surface area contributed by atoms with Gasteiger partial charge in [-0.15, -0.1) is 0 Å². The summed E-state index contributed by atoms with van der Waals surface area (Å²) in [6.45, 7) is 4.54. The largest absolute Gasteiger partial charge is 0.484 e. The highest BCUT2D eigenvalue weighted by Gasteiger charge is 2.25. The first-order chi connectivity index (χ1) is 11.6. The average molecular weight is 324 g/mol. The highest BCUT2D eigenvalue weighted by molar-refractivity contribution is 6.02. The smallest absolute Gasteiger partial charge is 0.262 e. The third kappa shape index (κ3) is 3.40. The van der Waals surface area contributed by atoms with Crippen molar-refractivity contribution in [1.29, 1.82) is 0 Å². The van der Waals surface area contributed by atoms with Crippen LogP contribution in [0.1, 0.15) is 18.1 Å². The molecule has 2 aromatic carbocycles. The Morgan fingerprint density at radius 2 is 1.96 bits per heavy atom. The van der Waals surface area contributed by atoms with Crippen LogP contribution in [0.2, 0.25) is 0 Å². The van der Waals surface area contributed by atoms with E-state index in [0.717, 1.165) is 16.8 Å². The summed E-state index contributed by atoms with van der Waals surface area (Å²) < 4.78 is 5.46. The lowest BCUT2D eigenvalue weighted by Crippen LogP contribution is -2.25. The Kier molecular flexibility index (Phi) is 4.51. The van der Waals surface area contributed by atoms with E-state index in [1.165, 1.54) is 0 Å². The third-order valence-corrected chi connectivity index (χ3v) is 4.00. The van der Waals surface area contributed by atoms with Crippen LogP contribution in [0.5, 0.6) is 5.75 Å². The van der Waals surface area contributed by atoms with Gasteiger partial charge in [0, 0.05) is 17.9 Å². The number of ether oxygens (including phenoxy) is 1. The monoisotopic (exact) mass is 324 g/mol. The van der Waals surface area contributed by atoms with Crippen molar-refractivity contribution < 1.29 is 14.3 Å². The number of hydrogen-bond donors (Lipinski definition) is 1. The lowest BCUT2D eigenvalue weighted by atomic mass is 10.1. The molecule has 0 radical (unpaired) electrons. The number of carbonyl (C=O) groups is 2. The van der Waals surface area contributed by atoms with Gasteiger partial charge in [0.1, 0.15) is 5.75 Å². The molecule has 24 heavy (non-hydrogen) atoms. The Bertz CT molecular complexity index is 769. The molecule has 0 atom stereocenters. The number of anilines is 2. The Morgan fingerprint density at radius 3 is 2.67 bits per heavy atom. The second kappa shape index (κ2) is 6.74. The number of rotatable bonds is 5. The topological polar surface area (TPSA) is 58.6 Å². The van der Waals surface area contributed by atoms with Crippen LogP contribution < -0.4 is 15.0 Å². The molecule has 0 saturated heterocycles. The molecule has 124 valence electrons. The highest BCUT2D eigenvalue weighted by Crippen LogP contribution is 2.30.